The number of carbonyl (C=O) groups excluding carboxylic acids is 3. The molecule has 0 saturated carbocycles. The number of nitrogens with one attached hydrogen (secondary N) is 2. The Balaban J connectivity index is 1.47. The molecular weight excluding hydrogens is 370 g/mol. The van der Waals surface area contributed by atoms with Gasteiger partial charge >= 0.3 is 0 Å². The van der Waals surface area contributed by atoms with E-state index in [2.05, 4.69) is 10.9 Å². The monoisotopic (exact) mass is 387 g/mol. The lowest BCUT2D eigenvalue weighted by Gasteiger charge is -2.15. The van der Waals surface area contributed by atoms with Gasteiger partial charge in [0.15, 0.2) is 0 Å². The van der Waals surface area contributed by atoms with E-state index in [0.29, 0.717) is 22.9 Å². The third kappa shape index (κ3) is 4.98. The van der Waals surface area contributed by atoms with E-state index in [1.165, 1.54) is 12.3 Å². The molecule has 1 unspecified atom stereocenters. The van der Waals surface area contributed by atoms with Crippen LogP contribution in [0.3, 0.4) is 0 Å². The molecule has 0 aliphatic carbocycles. The van der Waals surface area contributed by atoms with Crippen molar-refractivity contribution in [2.45, 2.75) is 13.0 Å². The van der Waals surface area contributed by atoms with E-state index in [0.717, 1.165) is 0 Å². The van der Waals surface area contributed by atoms with Crippen molar-refractivity contribution in [2.24, 2.45) is 5.92 Å². The Labute approximate surface area is 160 Å². The van der Waals surface area contributed by atoms with Crippen LogP contribution in [0.5, 0.6) is 0 Å². The highest BCUT2D eigenvalue weighted by Crippen LogP contribution is 2.20. The number of furan rings is 1. The van der Waals surface area contributed by atoms with E-state index in [1.807, 2.05) is 0 Å². The number of benzene rings is 1. The van der Waals surface area contributed by atoms with Crippen LogP contribution in [0.4, 0.5) is 0 Å². The van der Waals surface area contributed by atoms with Crippen LogP contribution in [0.25, 0.3) is 6.08 Å². The number of hydrogen-bond donors (Lipinski definition) is 2. The van der Waals surface area contributed by atoms with Gasteiger partial charge in [-0.2, -0.15) is 0 Å². The van der Waals surface area contributed by atoms with Crippen LogP contribution in [0.1, 0.15) is 17.7 Å². The minimum absolute atomic E-state index is 0.0951. The van der Waals surface area contributed by atoms with Crippen molar-refractivity contribution in [3.05, 3.63) is 65.1 Å². The lowest BCUT2D eigenvalue weighted by molar-refractivity contribution is -0.130. The molecular formula is C19H18ClN3O4. The number of carbonyl (C=O) groups is 3. The summed E-state index contributed by atoms with van der Waals surface area (Å²) in [6.45, 7) is 0.596. The maximum absolute atomic E-state index is 12.2. The summed E-state index contributed by atoms with van der Waals surface area (Å²) < 4.78 is 5.22. The predicted octanol–water partition coefficient (Wildman–Crippen LogP) is 2.14. The Hall–Kier alpha value is -3.06. The first kappa shape index (κ1) is 18.7. The fourth-order valence-corrected chi connectivity index (χ4v) is 2.93. The quantitative estimate of drug-likeness (QED) is 0.607. The number of nitrogens with zero attached hydrogens (tertiary/aromatic N) is 1. The van der Waals surface area contributed by atoms with Crippen molar-refractivity contribution < 1.29 is 18.8 Å². The van der Waals surface area contributed by atoms with Crippen molar-refractivity contribution >= 4 is 35.4 Å². The highest BCUT2D eigenvalue weighted by atomic mass is 35.5. The first-order valence-electron chi connectivity index (χ1n) is 8.35. The Morgan fingerprint density at radius 1 is 1.22 bits per heavy atom. The average molecular weight is 388 g/mol. The third-order valence-corrected chi connectivity index (χ3v) is 4.48. The highest BCUT2D eigenvalue weighted by molar-refractivity contribution is 6.32. The van der Waals surface area contributed by atoms with Crippen LogP contribution in [-0.4, -0.2) is 29.2 Å². The van der Waals surface area contributed by atoms with Gasteiger partial charge in [-0.05, 0) is 29.8 Å². The maximum atomic E-state index is 12.2. The van der Waals surface area contributed by atoms with Crippen molar-refractivity contribution in [3.8, 4) is 0 Å². The zero-order valence-corrected chi connectivity index (χ0v) is 15.1. The molecule has 3 rings (SSSR count). The molecule has 7 nitrogen and oxygen atoms in total. The standard InChI is InChI=1S/C19H18ClN3O4/c20-16-6-2-1-4-13(16)7-8-17(24)21-22-19(26)14-10-18(25)23(11-14)12-15-5-3-9-27-15/h1-9,14H,10-12H2,(H,21,24)(H,22,26)/b8-7+. The molecule has 1 aromatic heterocycles. The molecule has 140 valence electrons. The summed E-state index contributed by atoms with van der Waals surface area (Å²) in [6.07, 6.45) is 4.45. The fraction of sp³-hybridized carbons (Fsp3) is 0.211. The molecule has 2 N–H and O–H groups in total. The van der Waals surface area contributed by atoms with Crippen molar-refractivity contribution in [1.29, 1.82) is 0 Å². The number of amides is 3. The van der Waals surface area contributed by atoms with Crippen LogP contribution < -0.4 is 10.9 Å². The van der Waals surface area contributed by atoms with Gasteiger partial charge in [0.25, 0.3) is 5.91 Å². The van der Waals surface area contributed by atoms with E-state index < -0.39 is 17.7 Å². The lowest BCUT2D eigenvalue weighted by atomic mass is 10.1. The third-order valence-electron chi connectivity index (χ3n) is 4.14. The molecule has 1 fully saturated rings. The van der Waals surface area contributed by atoms with Gasteiger partial charge in [-0.25, -0.2) is 0 Å². The number of likely N-dealkylation sites (tertiary alicyclic amines) is 1. The summed E-state index contributed by atoms with van der Waals surface area (Å²) in [6, 6.07) is 10.6. The predicted molar refractivity (Wildman–Crippen MR) is 99.0 cm³/mol. The summed E-state index contributed by atoms with van der Waals surface area (Å²) in [7, 11) is 0. The summed E-state index contributed by atoms with van der Waals surface area (Å²) >= 11 is 6.00. The molecule has 2 aromatic rings. The van der Waals surface area contributed by atoms with Crippen LogP contribution in [0, 0.1) is 5.92 Å². The van der Waals surface area contributed by atoms with Crippen molar-refractivity contribution in [1.82, 2.24) is 15.8 Å². The van der Waals surface area contributed by atoms with E-state index in [9.17, 15) is 14.4 Å². The van der Waals surface area contributed by atoms with E-state index >= 15 is 0 Å². The maximum Gasteiger partial charge on any atom is 0.262 e. The Bertz CT molecular complexity index is 864. The number of hydrazine groups is 1. The van der Waals surface area contributed by atoms with Crippen molar-refractivity contribution in [3.63, 3.8) is 0 Å². The van der Waals surface area contributed by atoms with Gasteiger partial charge in [0, 0.05) is 24.1 Å². The van der Waals surface area contributed by atoms with Crippen LogP contribution in [0.2, 0.25) is 5.02 Å². The highest BCUT2D eigenvalue weighted by Gasteiger charge is 2.34. The Kier molecular flexibility index (Phi) is 5.93. The van der Waals surface area contributed by atoms with Crippen LogP contribution >= 0.6 is 11.6 Å². The molecule has 1 aliphatic rings. The van der Waals surface area contributed by atoms with E-state index in [4.69, 9.17) is 16.0 Å². The zero-order valence-electron chi connectivity index (χ0n) is 14.4. The summed E-state index contributed by atoms with van der Waals surface area (Å²) in [5.41, 5.74) is 5.35. The normalized spacial score (nSPS) is 16.7. The second kappa shape index (κ2) is 8.55. The van der Waals surface area contributed by atoms with Gasteiger partial charge in [0.2, 0.25) is 11.8 Å². The molecule has 0 spiro atoms. The lowest BCUT2D eigenvalue weighted by Crippen LogP contribution is -2.44. The molecule has 1 aromatic carbocycles. The zero-order chi connectivity index (χ0) is 19.2. The van der Waals surface area contributed by atoms with Gasteiger partial charge in [-0.1, -0.05) is 29.8 Å². The Morgan fingerprint density at radius 3 is 2.78 bits per heavy atom. The molecule has 8 heteroatoms. The number of halogens is 1. The first-order chi connectivity index (χ1) is 13.0. The summed E-state index contributed by atoms with van der Waals surface area (Å²) in [4.78, 5) is 37.6. The SMILES string of the molecule is O=C(/C=C/c1ccccc1Cl)NNC(=O)C1CC(=O)N(Cc2ccco2)C1. The molecule has 0 bridgehead atoms. The molecule has 0 radical (unpaired) electrons. The second-order valence-corrected chi connectivity index (χ2v) is 6.50. The van der Waals surface area contributed by atoms with Gasteiger partial charge in [0.1, 0.15) is 5.76 Å². The molecule has 27 heavy (non-hydrogen) atoms. The summed E-state index contributed by atoms with van der Waals surface area (Å²) in [5.74, 6) is -0.913. The average Bonchev–Trinajstić information content (AvgIpc) is 3.29. The van der Waals surface area contributed by atoms with Crippen molar-refractivity contribution in [2.75, 3.05) is 6.54 Å². The smallest absolute Gasteiger partial charge is 0.262 e. The second-order valence-electron chi connectivity index (χ2n) is 6.09. The molecule has 1 saturated heterocycles. The molecule has 2 heterocycles. The largest absolute Gasteiger partial charge is 0.467 e. The summed E-state index contributed by atoms with van der Waals surface area (Å²) in [5, 5.41) is 0.520. The Morgan fingerprint density at radius 2 is 2.04 bits per heavy atom. The molecule has 3 amide bonds. The number of hydrogen-bond acceptors (Lipinski definition) is 4. The van der Waals surface area contributed by atoms with Gasteiger partial charge in [-0.15, -0.1) is 0 Å². The fourth-order valence-electron chi connectivity index (χ4n) is 2.73. The molecule has 1 atom stereocenters. The van der Waals surface area contributed by atoms with E-state index in [-0.39, 0.29) is 18.9 Å². The minimum atomic E-state index is -0.527. The van der Waals surface area contributed by atoms with Crippen LogP contribution in [0.15, 0.2) is 53.2 Å². The first-order valence-corrected chi connectivity index (χ1v) is 8.73. The van der Waals surface area contributed by atoms with Gasteiger partial charge in [-0.3, -0.25) is 25.2 Å². The minimum Gasteiger partial charge on any atom is -0.467 e. The van der Waals surface area contributed by atoms with Gasteiger partial charge in [0.05, 0.1) is 18.7 Å². The molecule has 1 aliphatic heterocycles. The van der Waals surface area contributed by atoms with Gasteiger partial charge < -0.3 is 9.32 Å². The van der Waals surface area contributed by atoms with E-state index in [1.54, 1.807) is 47.4 Å². The van der Waals surface area contributed by atoms with Crippen LogP contribution in [-0.2, 0) is 20.9 Å². The number of rotatable bonds is 5. The topological polar surface area (TPSA) is 91.7 Å².